The molecule has 3 aromatic rings. The number of imidazole rings is 1. The Hall–Kier alpha value is -2.21. The van der Waals surface area contributed by atoms with Gasteiger partial charge >= 0.3 is 0 Å². The fourth-order valence-corrected chi connectivity index (χ4v) is 3.82. The van der Waals surface area contributed by atoms with E-state index < -0.39 is 6.10 Å². The standard InChI is InChI=1S/C21H24N2O3/c24-13-21-22-18-9-3-4-10-19(18)23(21)12-16(25)14-26-20-11-5-7-15-6-1-2-8-17(15)20/h1-4,6,8-10,16,20,24-25H,5,7,11-14H2/t16-,20-/m1/s1. The minimum absolute atomic E-state index is 0.0476. The number of fused-ring (bicyclic) bond motifs is 2. The van der Waals surface area contributed by atoms with E-state index >= 15 is 0 Å². The molecule has 26 heavy (non-hydrogen) atoms. The Labute approximate surface area is 152 Å². The van der Waals surface area contributed by atoms with Crippen LogP contribution in [0, 0.1) is 0 Å². The molecule has 136 valence electrons. The van der Waals surface area contributed by atoms with Crippen molar-refractivity contribution in [3.05, 3.63) is 65.5 Å². The molecule has 1 heterocycles. The predicted molar refractivity (Wildman–Crippen MR) is 99.7 cm³/mol. The molecule has 1 aliphatic rings. The molecule has 2 atom stereocenters. The fourth-order valence-electron chi connectivity index (χ4n) is 3.82. The highest BCUT2D eigenvalue weighted by atomic mass is 16.5. The first-order valence-corrected chi connectivity index (χ1v) is 9.18. The lowest BCUT2D eigenvalue weighted by atomic mass is 9.89. The number of para-hydroxylation sites is 2. The minimum atomic E-state index is -0.660. The number of aliphatic hydroxyl groups excluding tert-OH is 2. The number of rotatable bonds is 6. The Morgan fingerprint density at radius 1 is 1.15 bits per heavy atom. The van der Waals surface area contributed by atoms with Gasteiger partial charge in [-0.3, -0.25) is 0 Å². The van der Waals surface area contributed by atoms with Crippen LogP contribution in [0.1, 0.15) is 35.9 Å². The van der Waals surface area contributed by atoms with Crippen molar-refractivity contribution in [2.75, 3.05) is 6.61 Å². The molecule has 5 nitrogen and oxygen atoms in total. The highest BCUT2D eigenvalue weighted by Gasteiger charge is 2.22. The minimum Gasteiger partial charge on any atom is -0.389 e. The van der Waals surface area contributed by atoms with Crippen LogP contribution < -0.4 is 0 Å². The lowest BCUT2D eigenvalue weighted by Crippen LogP contribution is -2.25. The maximum absolute atomic E-state index is 10.5. The lowest BCUT2D eigenvalue weighted by Gasteiger charge is -2.26. The number of aryl methyl sites for hydroxylation is 1. The van der Waals surface area contributed by atoms with Crippen molar-refractivity contribution in [2.24, 2.45) is 0 Å². The maximum Gasteiger partial charge on any atom is 0.135 e. The van der Waals surface area contributed by atoms with Gasteiger partial charge in [-0.15, -0.1) is 0 Å². The third-order valence-corrected chi connectivity index (χ3v) is 5.07. The predicted octanol–water partition coefficient (Wildman–Crippen LogP) is 2.98. The maximum atomic E-state index is 10.5. The first-order valence-electron chi connectivity index (χ1n) is 9.18. The monoisotopic (exact) mass is 352 g/mol. The zero-order valence-electron chi connectivity index (χ0n) is 14.7. The molecule has 0 fully saturated rings. The van der Waals surface area contributed by atoms with Crippen molar-refractivity contribution in [1.82, 2.24) is 9.55 Å². The molecule has 1 aliphatic carbocycles. The van der Waals surface area contributed by atoms with Crippen LogP contribution in [0.25, 0.3) is 11.0 Å². The Morgan fingerprint density at radius 3 is 2.85 bits per heavy atom. The van der Waals surface area contributed by atoms with Crippen LogP contribution in [-0.2, 0) is 24.3 Å². The number of nitrogens with zero attached hydrogens (tertiary/aromatic N) is 2. The Balaban J connectivity index is 1.45. The smallest absolute Gasteiger partial charge is 0.135 e. The molecular weight excluding hydrogens is 328 g/mol. The molecule has 5 heteroatoms. The average molecular weight is 352 g/mol. The number of hydrogen-bond donors (Lipinski definition) is 2. The second-order valence-electron chi connectivity index (χ2n) is 6.85. The van der Waals surface area contributed by atoms with Gasteiger partial charge in [-0.05, 0) is 42.5 Å². The first kappa shape index (κ1) is 17.2. The van der Waals surface area contributed by atoms with E-state index in [-0.39, 0.29) is 19.3 Å². The van der Waals surface area contributed by atoms with E-state index in [1.807, 2.05) is 34.9 Å². The summed E-state index contributed by atoms with van der Waals surface area (Å²) in [6.45, 7) is 0.458. The van der Waals surface area contributed by atoms with E-state index in [0.717, 1.165) is 30.3 Å². The van der Waals surface area contributed by atoms with Gasteiger partial charge in [0.1, 0.15) is 12.4 Å². The van der Waals surface area contributed by atoms with E-state index in [0.29, 0.717) is 12.4 Å². The summed E-state index contributed by atoms with van der Waals surface area (Å²) in [4.78, 5) is 4.42. The molecule has 0 saturated carbocycles. The van der Waals surface area contributed by atoms with Crippen molar-refractivity contribution in [1.29, 1.82) is 0 Å². The highest BCUT2D eigenvalue weighted by molar-refractivity contribution is 5.75. The van der Waals surface area contributed by atoms with Crippen molar-refractivity contribution in [3.8, 4) is 0 Å². The largest absolute Gasteiger partial charge is 0.389 e. The van der Waals surface area contributed by atoms with Gasteiger partial charge in [-0.1, -0.05) is 36.4 Å². The molecule has 2 aromatic carbocycles. The highest BCUT2D eigenvalue weighted by Crippen LogP contribution is 2.32. The molecule has 0 amide bonds. The van der Waals surface area contributed by atoms with E-state index in [9.17, 15) is 10.2 Å². The summed E-state index contributed by atoms with van der Waals surface area (Å²) in [5, 5.41) is 20.1. The van der Waals surface area contributed by atoms with E-state index in [1.54, 1.807) is 0 Å². The number of aromatic nitrogens is 2. The molecule has 0 saturated heterocycles. The Morgan fingerprint density at radius 2 is 1.96 bits per heavy atom. The number of benzene rings is 2. The van der Waals surface area contributed by atoms with E-state index in [4.69, 9.17) is 4.74 Å². The zero-order valence-corrected chi connectivity index (χ0v) is 14.7. The zero-order chi connectivity index (χ0) is 17.9. The second kappa shape index (κ2) is 7.58. The number of aliphatic hydroxyl groups is 2. The normalized spacial score (nSPS) is 18.0. The van der Waals surface area contributed by atoms with Crippen molar-refractivity contribution in [3.63, 3.8) is 0 Å². The third-order valence-electron chi connectivity index (χ3n) is 5.07. The number of ether oxygens (including phenoxy) is 1. The van der Waals surface area contributed by atoms with Crippen LogP contribution in [0.15, 0.2) is 48.5 Å². The molecular formula is C21H24N2O3. The summed E-state index contributed by atoms with van der Waals surface area (Å²) in [5.41, 5.74) is 4.33. The first-order chi connectivity index (χ1) is 12.8. The van der Waals surface area contributed by atoms with Gasteiger partial charge in [-0.2, -0.15) is 0 Å². The van der Waals surface area contributed by atoms with Crippen LogP contribution in [0.4, 0.5) is 0 Å². The van der Waals surface area contributed by atoms with Crippen molar-refractivity contribution < 1.29 is 14.9 Å². The summed E-state index contributed by atoms with van der Waals surface area (Å²) >= 11 is 0. The average Bonchev–Trinajstić information content (AvgIpc) is 3.04. The molecule has 0 bridgehead atoms. The van der Waals surface area contributed by atoms with Crippen molar-refractivity contribution in [2.45, 2.75) is 44.6 Å². The van der Waals surface area contributed by atoms with Gasteiger partial charge in [-0.25, -0.2) is 4.98 Å². The number of hydrogen-bond acceptors (Lipinski definition) is 4. The molecule has 2 N–H and O–H groups in total. The van der Waals surface area contributed by atoms with Crippen LogP contribution in [-0.4, -0.2) is 32.5 Å². The Bertz CT molecular complexity index is 890. The summed E-state index contributed by atoms with van der Waals surface area (Å²) in [7, 11) is 0. The summed E-state index contributed by atoms with van der Waals surface area (Å²) < 4.78 is 7.93. The van der Waals surface area contributed by atoms with Crippen LogP contribution >= 0.6 is 0 Å². The third kappa shape index (κ3) is 3.38. The molecule has 0 radical (unpaired) electrons. The second-order valence-corrected chi connectivity index (χ2v) is 6.85. The van der Waals surface area contributed by atoms with Gasteiger partial charge in [0.25, 0.3) is 0 Å². The van der Waals surface area contributed by atoms with Gasteiger partial charge in [0.2, 0.25) is 0 Å². The molecule has 0 spiro atoms. The van der Waals surface area contributed by atoms with Crippen LogP contribution in [0.2, 0.25) is 0 Å². The van der Waals surface area contributed by atoms with Crippen molar-refractivity contribution >= 4 is 11.0 Å². The summed E-state index contributed by atoms with van der Waals surface area (Å²) in [6, 6.07) is 16.1. The van der Waals surface area contributed by atoms with Gasteiger partial charge in [0, 0.05) is 0 Å². The lowest BCUT2D eigenvalue weighted by molar-refractivity contribution is -0.0226. The quantitative estimate of drug-likeness (QED) is 0.716. The van der Waals surface area contributed by atoms with E-state index in [2.05, 4.69) is 23.2 Å². The SMILES string of the molecule is OCc1nc2ccccc2n1C[C@@H](O)CO[C@@H]1CCCc2ccccc21. The van der Waals surface area contributed by atoms with Gasteiger partial charge < -0.3 is 19.5 Å². The topological polar surface area (TPSA) is 67.5 Å². The summed E-state index contributed by atoms with van der Waals surface area (Å²) in [5.74, 6) is 0.563. The molecule has 1 aromatic heterocycles. The van der Waals surface area contributed by atoms with Gasteiger partial charge in [0.05, 0.1) is 36.4 Å². The fraction of sp³-hybridized carbons (Fsp3) is 0.381. The van der Waals surface area contributed by atoms with Gasteiger partial charge in [0.15, 0.2) is 0 Å². The molecule has 0 unspecified atom stereocenters. The molecule has 0 aliphatic heterocycles. The molecule has 4 rings (SSSR count). The summed E-state index contributed by atoms with van der Waals surface area (Å²) in [6.07, 6.45) is 2.58. The Kier molecular flexibility index (Phi) is 5.02. The van der Waals surface area contributed by atoms with Crippen LogP contribution in [0.5, 0.6) is 0 Å². The van der Waals surface area contributed by atoms with E-state index in [1.165, 1.54) is 11.1 Å². The van der Waals surface area contributed by atoms with Crippen LogP contribution in [0.3, 0.4) is 0 Å².